The minimum Gasteiger partial charge on any atom is -0.399 e. The molecule has 3 nitrogen and oxygen atoms in total. The molecule has 0 amide bonds. The Morgan fingerprint density at radius 3 is 2.37 bits per heavy atom. The van der Waals surface area contributed by atoms with Gasteiger partial charge in [0.05, 0.1) is 5.54 Å². The van der Waals surface area contributed by atoms with Gasteiger partial charge in [0.1, 0.15) is 0 Å². The molecule has 1 aromatic heterocycles. The molecule has 0 bridgehead atoms. The number of anilines is 1. The van der Waals surface area contributed by atoms with Crippen molar-refractivity contribution >= 4 is 27.5 Å². The first-order valence-corrected chi connectivity index (χ1v) is 13.2. The summed E-state index contributed by atoms with van der Waals surface area (Å²) in [5, 5.41) is 6.50. The molecule has 3 N–H and O–H groups in total. The van der Waals surface area contributed by atoms with Crippen LogP contribution in [0.25, 0.3) is 21.8 Å². The monoisotopic (exact) mass is 463 g/mol. The van der Waals surface area contributed by atoms with Gasteiger partial charge >= 0.3 is 0 Å². The summed E-state index contributed by atoms with van der Waals surface area (Å²) in [6.07, 6.45) is 15.1. The van der Waals surface area contributed by atoms with Gasteiger partial charge < -0.3 is 15.6 Å². The van der Waals surface area contributed by atoms with Gasteiger partial charge in [-0.1, -0.05) is 99.7 Å². The maximum Gasteiger partial charge on any atom is 0.0849 e. The first-order chi connectivity index (χ1) is 17.2. The Balaban J connectivity index is 1.54. The fraction of sp³-hybridized carbons (Fsp3) is 0.312. The van der Waals surface area contributed by atoms with E-state index < -0.39 is 0 Å². The topological polar surface area (TPSA) is 43.0 Å². The molecule has 0 radical (unpaired) electrons. The lowest BCUT2D eigenvalue weighted by atomic mass is 9.82. The standard InChI is InChI=1S/C32H37N3/c1-2-3-4-5-6-12-23-35-30-16-11-10-15-28(30)29-18-17-25(24-31(29)35)32(21-19-26(33)20-22-32)34-27-13-8-7-9-14-27/h7-11,13-21,24,34H,2-6,12,22-23,33H2,1H3. The van der Waals surface area contributed by atoms with Crippen molar-refractivity contribution in [1.29, 1.82) is 0 Å². The minimum absolute atomic E-state index is 0.333. The molecule has 0 aliphatic heterocycles. The Morgan fingerprint density at radius 2 is 1.57 bits per heavy atom. The summed E-state index contributed by atoms with van der Waals surface area (Å²) in [6, 6.07) is 26.3. The molecule has 1 atom stereocenters. The lowest BCUT2D eigenvalue weighted by molar-refractivity contribution is 0.570. The molecule has 35 heavy (non-hydrogen) atoms. The number of aryl methyl sites for hydroxylation is 1. The highest BCUT2D eigenvalue weighted by Gasteiger charge is 2.31. The Kier molecular flexibility index (Phi) is 6.94. The van der Waals surface area contributed by atoms with Crippen LogP contribution in [0.15, 0.2) is 96.7 Å². The molecule has 180 valence electrons. The van der Waals surface area contributed by atoms with Crippen molar-refractivity contribution in [3.05, 3.63) is 102 Å². The lowest BCUT2D eigenvalue weighted by Gasteiger charge is -2.35. The van der Waals surface area contributed by atoms with E-state index >= 15 is 0 Å². The third-order valence-electron chi connectivity index (χ3n) is 7.39. The summed E-state index contributed by atoms with van der Waals surface area (Å²) in [6.45, 7) is 3.34. The predicted octanol–water partition coefficient (Wildman–Crippen LogP) is 8.26. The minimum atomic E-state index is -0.333. The van der Waals surface area contributed by atoms with Crippen LogP contribution < -0.4 is 11.1 Å². The first-order valence-electron chi connectivity index (χ1n) is 13.2. The van der Waals surface area contributed by atoms with Crippen molar-refractivity contribution < 1.29 is 0 Å². The molecule has 1 aliphatic rings. The van der Waals surface area contributed by atoms with E-state index in [-0.39, 0.29) is 5.54 Å². The number of benzene rings is 3. The average Bonchev–Trinajstić information content (AvgIpc) is 3.21. The van der Waals surface area contributed by atoms with Crippen LogP contribution in [-0.2, 0) is 12.1 Å². The number of allylic oxidation sites excluding steroid dienone is 1. The van der Waals surface area contributed by atoms with Gasteiger partial charge in [0.2, 0.25) is 0 Å². The molecule has 1 aliphatic carbocycles. The van der Waals surface area contributed by atoms with Crippen LogP contribution in [0.1, 0.15) is 57.4 Å². The fourth-order valence-electron chi connectivity index (χ4n) is 5.43. The van der Waals surface area contributed by atoms with Gasteiger partial charge in [0.15, 0.2) is 0 Å². The number of para-hydroxylation sites is 2. The van der Waals surface area contributed by atoms with Crippen LogP contribution >= 0.6 is 0 Å². The largest absolute Gasteiger partial charge is 0.399 e. The van der Waals surface area contributed by atoms with E-state index in [4.69, 9.17) is 5.73 Å². The Morgan fingerprint density at radius 1 is 0.829 bits per heavy atom. The molecule has 4 aromatic rings. The molecule has 5 rings (SSSR count). The molecule has 0 saturated carbocycles. The van der Waals surface area contributed by atoms with E-state index in [1.807, 2.05) is 6.08 Å². The number of hydrogen-bond donors (Lipinski definition) is 2. The van der Waals surface area contributed by atoms with Crippen molar-refractivity contribution in [3.63, 3.8) is 0 Å². The zero-order valence-corrected chi connectivity index (χ0v) is 20.8. The molecular formula is C32H37N3. The van der Waals surface area contributed by atoms with Crippen molar-refractivity contribution in [2.45, 2.75) is 64.0 Å². The SMILES string of the molecule is CCCCCCCCn1c2ccccc2c2ccc(C3(Nc4ccccc4)C=CC(N)=CC3)cc21. The number of rotatable bonds is 10. The smallest absolute Gasteiger partial charge is 0.0849 e. The van der Waals surface area contributed by atoms with E-state index in [1.54, 1.807) is 0 Å². The van der Waals surface area contributed by atoms with E-state index in [2.05, 4.69) is 102 Å². The third kappa shape index (κ3) is 4.86. The van der Waals surface area contributed by atoms with Crippen LogP contribution in [0.2, 0.25) is 0 Å². The van der Waals surface area contributed by atoms with Gasteiger partial charge in [0, 0.05) is 39.7 Å². The Bertz CT molecular complexity index is 1350. The molecular weight excluding hydrogens is 426 g/mol. The first kappa shape index (κ1) is 23.3. The fourth-order valence-corrected chi connectivity index (χ4v) is 5.43. The highest BCUT2D eigenvalue weighted by Crippen LogP contribution is 2.38. The number of fused-ring (bicyclic) bond motifs is 3. The van der Waals surface area contributed by atoms with E-state index in [0.717, 1.165) is 24.4 Å². The lowest BCUT2D eigenvalue weighted by Crippen LogP contribution is -2.34. The maximum absolute atomic E-state index is 6.13. The maximum atomic E-state index is 6.13. The molecule has 1 heterocycles. The van der Waals surface area contributed by atoms with Crippen LogP contribution in [0.4, 0.5) is 5.69 Å². The summed E-state index contributed by atoms with van der Waals surface area (Å²) < 4.78 is 2.54. The van der Waals surface area contributed by atoms with Crippen molar-refractivity contribution in [2.75, 3.05) is 5.32 Å². The van der Waals surface area contributed by atoms with E-state index in [0.29, 0.717) is 0 Å². The molecule has 0 spiro atoms. The van der Waals surface area contributed by atoms with Gasteiger partial charge in [-0.2, -0.15) is 0 Å². The van der Waals surface area contributed by atoms with Gasteiger partial charge in [-0.3, -0.25) is 0 Å². The number of unbranched alkanes of at least 4 members (excludes halogenated alkanes) is 5. The van der Waals surface area contributed by atoms with Gasteiger partial charge in [-0.15, -0.1) is 0 Å². The molecule has 0 fully saturated rings. The second-order valence-corrected chi connectivity index (χ2v) is 9.87. The quantitative estimate of drug-likeness (QED) is 0.232. The second kappa shape index (κ2) is 10.4. The highest BCUT2D eigenvalue weighted by molar-refractivity contribution is 6.08. The van der Waals surface area contributed by atoms with Crippen LogP contribution in [0.3, 0.4) is 0 Å². The van der Waals surface area contributed by atoms with Crippen LogP contribution in [0, 0.1) is 0 Å². The van der Waals surface area contributed by atoms with E-state index in [9.17, 15) is 0 Å². The van der Waals surface area contributed by atoms with Gasteiger partial charge in [-0.05, 0) is 48.7 Å². The molecule has 3 heteroatoms. The van der Waals surface area contributed by atoms with E-state index in [1.165, 1.54) is 65.9 Å². The van der Waals surface area contributed by atoms with Crippen molar-refractivity contribution in [2.24, 2.45) is 5.73 Å². The highest BCUT2D eigenvalue weighted by atomic mass is 15.0. The summed E-state index contributed by atoms with van der Waals surface area (Å²) in [7, 11) is 0. The van der Waals surface area contributed by atoms with Crippen molar-refractivity contribution in [3.8, 4) is 0 Å². The molecule has 3 aromatic carbocycles. The zero-order chi connectivity index (χ0) is 24.1. The third-order valence-corrected chi connectivity index (χ3v) is 7.39. The number of hydrogen-bond acceptors (Lipinski definition) is 2. The molecule has 0 saturated heterocycles. The van der Waals surface area contributed by atoms with Gasteiger partial charge in [0.25, 0.3) is 0 Å². The Labute approximate surface area is 209 Å². The Hall–Kier alpha value is -3.46. The van der Waals surface area contributed by atoms with Crippen molar-refractivity contribution in [1.82, 2.24) is 4.57 Å². The number of nitrogens with zero attached hydrogens (tertiary/aromatic N) is 1. The number of aromatic nitrogens is 1. The summed E-state index contributed by atoms with van der Waals surface area (Å²) >= 11 is 0. The van der Waals surface area contributed by atoms with Crippen LogP contribution in [0.5, 0.6) is 0 Å². The molecule has 1 unspecified atom stereocenters. The summed E-state index contributed by atoms with van der Waals surface area (Å²) in [5.41, 5.74) is 11.7. The predicted molar refractivity (Wildman–Crippen MR) is 151 cm³/mol. The van der Waals surface area contributed by atoms with Crippen LogP contribution in [-0.4, -0.2) is 4.57 Å². The summed E-state index contributed by atoms with van der Waals surface area (Å²) in [5.74, 6) is 0. The van der Waals surface area contributed by atoms with Gasteiger partial charge in [-0.25, -0.2) is 0 Å². The number of nitrogens with one attached hydrogen (secondary N) is 1. The normalized spacial score (nSPS) is 17.7. The number of nitrogens with two attached hydrogens (primary N) is 1. The zero-order valence-electron chi connectivity index (χ0n) is 20.8. The average molecular weight is 464 g/mol. The summed E-state index contributed by atoms with van der Waals surface area (Å²) in [4.78, 5) is 0. The second-order valence-electron chi connectivity index (χ2n) is 9.87.